The summed E-state index contributed by atoms with van der Waals surface area (Å²) in [5, 5.41) is 2.87. The van der Waals surface area contributed by atoms with Gasteiger partial charge in [-0.3, -0.25) is 9.59 Å². The van der Waals surface area contributed by atoms with Crippen molar-refractivity contribution in [3.63, 3.8) is 0 Å². The first-order valence-corrected chi connectivity index (χ1v) is 7.81. The van der Waals surface area contributed by atoms with Gasteiger partial charge < -0.3 is 16.0 Å². The van der Waals surface area contributed by atoms with Gasteiger partial charge in [0.25, 0.3) is 0 Å². The zero-order chi connectivity index (χ0) is 17.7. The minimum absolute atomic E-state index is 0.0485. The van der Waals surface area contributed by atoms with E-state index in [1.54, 1.807) is 19.2 Å². The van der Waals surface area contributed by atoms with Gasteiger partial charge >= 0.3 is 0 Å². The number of hydrogen-bond acceptors (Lipinski definition) is 3. The first-order chi connectivity index (χ1) is 11.4. The molecule has 0 heterocycles. The molecule has 2 aromatic rings. The van der Waals surface area contributed by atoms with Crippen LogP contribution >= 0.6 is 0 Å². The third kappa shape index (κ3) is 4.20. The number of carbonyl (C=O) groups is 2. The maximum atomic E-state index is 12.4. The van der Waals surface area contributed by atoms with Crippen LogP contribution in [0.3, 0.4) is 0 Å². The minimum atomic E-state index is -0.774. The van der Waals surface area contributed by atoms with Gasteiger partial charge in [-0.05, 0) is 30.5 Å². The highest BCUT2D eigenvalue weighted by Gasteiger charge is 2.21. The van der Waals surface area contributed by atoms with E-state index in [0.29, 0.717) is 0 Å². The number of hydrogen-bond donors (Lipinski definition) is 2. The van der Waals surface area contributed by atoms with Crippen LogP contribution in [-0.4, -0.2) is 30.3 Å². The lowest BCUT2D eigenvalue weighted by molar-refractivity contribution is -0.134. The average Bonchev–Trinajstić information content (AvgIpc) is 2.57. The molecule has 0 saturated heterocycles. The molecule has 2 aromatic carbocycles. The van der Waals surface area contributed by atoms with Gasteiger partial charge in [0.05, 0.1) is 6.54 Å². The Labute approximate surface area is 142 Å². The van der Waals surface area contributed by atoms with Crippen molar-refractivity contribution in [2.24, 2.45) is 5.73 Å². The number of nitrogens with two attached hydrogens (primary N) is 1. The molecule has 2 rings (SSSR count). The molecule has 0 radical (unpaired) electrons. The first kappa shape index (κ1) is 17.7. The fraction of sp³-hybridized carbons (Fsp3) is 0.263. The first-order valence-electron chi connectivity index (χ1n) is 7.81. The monoisotopic (exact) mass is 325 g/mol. The lowest BCUT2D eigenvalue weighted by atomic mass is 10.1. The Morgan fingerprint density at radius 1 is 1.04 bits per heavy atom. The van der Waals surface area contributed by atoms with Gasteiger partial charge in [0.2, 0.25) is 11.8 Å². The van der Waals surface area contributed by atoms with Gasteiger partial charge in [0, 0.05) is 12.7 Å². The van der Waals surface area contributed by atoms with Gasteiger partial charge in [0.1, 0.15) is 6.04 Å². The Kier molecular flexibility index (Phi) is 5.71. The van der Waals surface area contributed by atoms with E-state index in [4.69, 9.17) is 5.73 Å². The standard InChI is InChI=1S/C19H23N3O2/c1-13-8-7-9-14(2)18(13)21-16(23)12-22(3)19(24)17(20)15-10-5-4-6-11-15/h4-11,17H,12,20H2,1-3H3,(H,21,23). The number of nitrogens with one attached hydrogen (secondary N) is 1. The summed E-state index contributed by atoms with van der Waals surface area (Å²) in [5.74, 6) is -0.540. The molecule has 3 N–H and O–H groups in total. The Hall–Kier alpha value is -2.66. The molecular formula is C19H23N3O2. The molecule has 5 nitrogen and oxygen atoms in total. The summed E-state index contributed by atoms with van der Waals surface area (Å²) in [6, 6.07) is 14.2. The minimum Gasteiger partial charge on any atom is -0.335 e. The molecule has 0 spiro atoms. The molecule has 5 heteroatoms. The van der Waals surface area contributed by atoms with Crippen molar-refractivity contribution in [3.8, 4) is 0 Å². The summed E-state index contributed by atoms with van der Waals surface area (Å²) in [6.07, 6.45) is 0. The predicted octanol–water partition coefficient (Wildman–Crippen LogP) is 2.40. The van der Waals surface area contributed by atoms with E-state index >= 15 is 0 Å². The normalized spacial score (nSPS) is 11.7. The van der Waals surface area contributed by atoms with E-state index in [2.05, 4.69) is 5.32 Å². The summed E-state index contributed by atoms with van der Waals surface area (Å²) in [7, 11) is 1.58. The zero-order valence-electron chi connectivity index (χ0n) is 14.2. The van der Waals surface area contributed by atoms with Gasteiger partial charge in [-0.2, -0.15) is 0 Å². The van der Waals surface area contributed by atoms with Crippen molar-refractivity contribution in [2.45, 2.75) is 19.9 Å². The molecule has 24 heavy (non-hydrogen) atoms. The topological polar surface area (TPSA) is 75.4 Å². The molecule has 0 fully saturated rings. The van der Waals surface area contributed by atoms with Gasteiger partial charge in [0.15, 0.2) is 0 Å². The number of rotatable bonds is 5. The van der Waals surface area contributed by atoms with Crippen LogP contribution < -0.4 is 11.1 Å². The number of amides is 2. The SMILES string of the molecule is Cc1cccc(C)c1NC(=O)CN(C)C(=O)C(N)c1ccccc1. The zero-order valence-corrected chi connectivity index (χ0v) is 14.2. The van der Waals surface area contributed by atoms with Crippen LogP contribution in [-0.2, 0) is 9.59 Å². The lowest BCUT2D eigenvalue weighted by Gasteiger charge is -2.21. The highest BCUT2D eigenvalue weighted by molar-refractivity contribution is 5.96. The lowest BCUT2D eigenvalue weighted by Crippen LogP contribution is -2.40. The molecule has 2 amide bonds. The molecule has 0 aliphatic heterocycles. The van der Waals surface area contributed by atoms with Crippen molar-refractivity contribution >= 4 is 17.5 Å². The third-order valence-electron chi connectivity index (χ3n) is 3.93. The number of para-hydroxylation sites is 1. The Balaban J connectivity index is 2.00. The number of nitrogens with zero attached hydrogens (tertiary/aromatic N) is 1. The van der Waals surface area contributed by atoms with Crippen LogP contribution in [0, 0.1) is 13.8 Å². The molecule has 1 atom stereocenters. The van der Waals surface area contributed by atoms with Crippen LogP contribution in [0.2, 0.25) is 0 Å². The highest BCUT2D eigenvalue weighted by atomic mass is 16.2. The predicted molar refractivity (Wildman–Crippen MR) is 95.6 cm³/mol. The maximum Gasteiger partial charge on any atom is 0.244 e. The van der Waals surface area contributed by atoms with Crippen LogP contribution in [0.5, 0.6) is 0 Å². The Morgan fingerprint density at radius 3 is 2.21 bits per heavy atom. The van der Waals surface area contributed by atoms with Crippen molar-refractivity contribution in [1.82, 2.24) is 4.90 Å². The smallest absolute Gasteiger partial charge is 0.244 e. The van der Waals surface area contributed by atoms with Crippen LogP contribution in [0.25, 0.3) is 0 Å². The molecule has 126 valence electrons. The number of anilines is 1. The van der Waals surface area contributed by atoms with Crippen LogP contribution in [0.4, 0.5) is 5.69 Å². The summed E-state index contributed by atoms with van der Waals surface area (Å²) in [4.78, 5) is 26.0. The van der Waals surface area contributed by atoms with Crippen molar-refractivity contribution < 1.29 is 9.59 Å². The Morgan fingerprint density at radius 2 is 1.62 bits per heavy atom. The second-order valence-electron chi connectivity index (χ2n) is 5.90. The molecule has 1 unspecified atom stereocenters. The summed E-state index contributed by atoms with van der Waals surface area (Å²) in [5.41, 5.74) is 9.48. The van der Waals surface area contributed by atoms with Crippen LogP contribution in [0.1, 0.15) is 22.7 Å². The van der Waals surface area contributed by atoms with E-state index in [1.165, 1.54) is 4.90 Å². The highest BCUT2D eigenvalue weighted by Crippen LogP contribution is 2.19. The molecular weight excluding hydrogens is 302 g/mol. The molecule has 0 aliphatic carbocycles. The Bertz CT molecular complexity index is 708. The molecule has 0 bridgehead atoms. The third-order valence-corrected chi connectivity index (χ3v) is 3.93. The van der Waals surface area contributed by atoms with E-state index in [9.17, 15) is 9.59 Å². The van der Waals surface area contributed by atoms with Crippen molar-refractivity contribution in [3.05, 3.63) is 65.2 Å². The second kappa shape index (κ2) is 7.75. The van der Waals surface area contributed by atoms with E-state index < -0.39 is 6.04 Å². The van der Waals surface area contributed by atoms with E-state index in [1.807, 2.05) is 50.2 Å². The summed E-state index contributed by atoms with van der Waals surface area (Å²) in [6.45, 7) is 3.82. The van der Waals surface area contributed by atoms with Gasteiger partial charge in [-0.1, -0.05) is 48.5 Å². The van der Waals surface area contributed by atoms with E-state index in [-0.39, 0.29) is 18.4 Å². The van der Waals surface area contributed by atoms with Gasteiger partial charge in [-0.15, -0.1) is 0 Å². The number of carbonyl (C=O) groups excluding carboxylic acids is 2. The summed E-state index contributed by atoms with van der Waals surface area (Å²) < 4.78 is 0. The number of likely N-dealkylation sites (N-methyl/N-ethyl adjacent to an activating group) is 1. The maximum absolute atomic E-state index is 12.4. The fourth-order valence-corrected chi connectivity index (χ4v) is 2.52. The molecule has 0 aliphatic rings. The largest absolute Gasteiger partial charge is 0.335 e. The summed E-state index contributed by atoms with van der Waals surface area (Å²) >= 11 is 0. The van der Waals surface area contributed by atoms with Crippen molar-refractivity contribution in [1.29, 1.82) is 0 Å². The number of benzene rings is 2. The van der Waals surface area contributed by atoms with E-state index in [0.717, 1.165) is 22.4 Å². The fourth-order valence-electron chi connectivity index (χ4n) is 2.52. The van der Waals surface area contributed by atoms with Gasteiger partial charge in [-0.25, -0.2) is 0 Å². The second-order valence-corrected chi connectivity index (χ2v) is 5.90. The van der Waals surface area contributed by atoms with Crippen LogP contribution in [0.15, 0.2) is 48.5 Å². The number of aryl methyl sites for hydroxylation is 2. The quantitative estimate of drug-likeness (QED) is 0.886. The average molecular weight is 325 g/mol. The molecule has 0 aromatic heterocycles. The molecule has 0 saturated carbocycles. The van der Waals surface area contributed by atoms with Crippen molar-refractivity contribution in [2.75, 3.05) is 18.9 Å².